The number of carbonyl (C=O) groups excluding carboxylic acids is 1. The molecule has 0 unspecified atom stereocenters. The highest BCUT2D eigenvalue weighted by Gasteiger charge is 2.18. The highest BCUT2D eigenvalue weighted by molar-refractivity contribution is 8.01. The van der Waals surface area contributed by atoms with Gasteiger partial charge in [0.05, 0.1) is 17.1 Å². The SMILES string of the molecule is CCOC(=O)c1cccc(N)c1Sc1nnc(N(C)C)s1. The largest absolute Gasteiger partial charge is 0.462 e. The van der Waals surface area contributed by atoms with Crippen LogP contribution in [0.1, 0.15) is 17.3 Å². The first kappa shape index (κ1) is 15.6. The Kier molecular flexibility index (Phi) is 5.03. The van der Waals surface area contributed by atoms with Crippen molar-refractivity contribution in [3.8, 4) is 0 Å². The third-order valence-electron chi connectivity index (χ3n) is 2.51. The van der Waals surface area contributed by atoms with E-state index in [-0.39, 0.29) is 5.97 Å². The van der Waals surface area contributed by atoms with Crippen LogP contribution >= 0.6 is 23.1 Å². The fraction of sp³-hybridized carbons (Fsp3) is 0.308. The Morgan fingerprint density at radius 1 is 1.43 bits per heavy atom. The summed E-state index contributed by atoms with van der Waals surface area (Å²) in [6.07, 6.45) is 0. The molecule has 21 heavy (non-hydrogen) atoms. The molecule has 8 heteroatoms. The van der Waals surface area contributed by atoms with Gasteiger partial charge in [-0.25, -0.2) is 4.79 Å². The van der Waals surface area contributed by atoms with Crippen molar-refractivity contribution in [1.29, 1.82) is 0 Å². The number of nitrogens with zero attached hydrogens (tertiary/aromatic N) is 3. The van der Waals surface area contributed by atoms with Crippen LogP contribution in [0.3, 0.4) is 0 Å². The average molecular weight is 324 g/mol. The molecule has 0 aliphatic carbocycles. The van der Waals surface area contributed by atoms with Gasteiger partial charge in [-0.1, -0.05) is 29.2 Å². The molecule has 2 N–H and O–H groups in total. The van der Waals surface area contributed by atoms with Gasteiger partial charge in [-0.15, -0.1) is 10.2 Å². The Bertz CT molecular complexity index is 643. The molecule has 0 amide bonds. The smallest absolute Gasteiger partial charge is 0.339 e. The van der Waals surface area contributed by atoms with Gasteiger partial charge in [0.25, 0.3) is 0 Å². The third kappa shape index (κ3) is 3.64. The number of hydrogen-bond acceptors (Lipinski definition) is 8. The van der Waals surface area contributed by atoms with Crippen molar-refractivity contribution >= 4 is 39.9 Å². The Morgan fingerprint density at radius 2 is 2.19 bits per heavy atom. The molecule has 2 rings (SSSR count). The standard InChI is InChI=1S/C13H16N4O2S2/c1-4-19-11(18)8-6-5-7-9(14)10(8)20-13-16-15-12(21-13)17(2)3/h5-7H,4,14H2,1-3H3. The quantitative estimate of drug-likeness (QED) is 0.668. The number of nitrogen functional groups attached to an aromatic ring is 1. The molecule has 0 bridgehead atoms. The van der Waals surface area contributed by atoms with E-state index in [1.807, 2.05) is 19.0 Å². The first-order chi connectivity index (χ1) is 10.0. The van der Waals surface area contributed by atoms with Crippen molar-refractivity contribution in [2.24, 2.45) is 0 Å². The molecular formula is C13H16N4O2S2. The molecule has 6 nitrogen and oxygen atoms in total. The molecular weight excluding hydrogens is 308 g/mol. The topological polar surface area (TPSA) is 81.3 Å². The predicted octanol–water partition coefficient (Wildman–Crippen LogP) is 2.51. The summed E-state index contributed by atoms with van der Waals surface area (Å²) in [6, 6.07) is 5.18. The number of hydrogen-bond donors (Lipinski definition) is 1. The Morgan fingerprint density at radius 3 is 2.81 bits per heavy atom. The molecule has 0 saturated carbocycles. The van der Waals surface area contributed by atoms with Crippen molar-refractivity contribution in [2.45, 2.75) is 16.2 Å². The molecule has 0 fully saturated rings. The van der Waals surface area contributed by atoms with Crippen molar-refractivity contribution in [3.05, 3.63) is 23.8 Å². The van der Waals surface area contributed by atoms with E-state index in [0.29, 0.717) is 22.8 Å². The van der Waals surface area contributed by atoms with E-state index in [4.69, 9.17) is 10.5 Å². The van der Waals surface area contributed by atoms with Crippen molar-refractivity contribution in [3.63, 3.8) is 0 Å². The Labute approximate surface area is 131 Å². The van der Waals surface area contributed by atoms with Gasteiger partial charge < -0.3 is 15.4 Å². The monoisotopic (exact) mass is 324 g/mol. The van der Waals surface area contributed by atoms with Gasteiger partial charge in [0.15, 0.2) is 4.34 Å². The van der Waals surface area contributed by atoms with Crippen LogP contribution in [0.15, 0.2) is 27.4 Å². The maximum atomic E-state index is 12.0. The molecule has 0 aliphatic rings. The number of rotatable bonds is 5. The lowest BCUT2D eigenvalue weighted by Gasteiger charge is -2.09. The van der Waals surface area contributed by atoms with E-state index in [0.717, 1.165) is 9.47 Å². The van der Waals surface area contributed by atoms with Gasteiger partial charge in [0, 0.05) is 19.8 Å². The van der Waals surface area contributed by atoms with Gasteiger partial charge >= 0.3 is 5.97 Å². The molecule has 0 atom stereocenters. The minimum Gasteiger partial charge on any atom is -0.462 e. The van der Waals surface area contributed by atoms with Gasteiger partial charge in [0.1, 0.15) is 0 Å². The number of esters is 1. The van der Waals surface area contributed by atoms with E-state index in [1.165, 1.54) is 23.1 Å². The minimum atomic E-state index is -0.385. The summed E-state index contributed by atoms with van der Waals surface area (Å²) in [5.74, 6) is -0.385. The zero-order chi connectivity index (χ0) is 15.4. The van der Waals surface area contributed by atoms with Crippen LogP contribution in [-0.2, 0) is 4.74 Å². The van der Waals surface area contributed by atoms with Crippen molar-refractivity contribution < 1.29 is 9.53 Å². The molecule has 1 aromatic carbocycles. The highest BCUT2D eigenvalue weighted by atomic mass is 32.2. The molecule has 112 valence electrons. The fourth-order valence-corrected chi connectivity index (χ4v) is 3.40. The van der Waals surface area contributed by atoms with Crippen LogP contribution in [0.5, 0.6) is 0 Å². The minimum absolute atomic E-state index is 0.321. The first-order valence-corrected chi connectivity index (χ1v) is 7.90. The molecule has 1 heterocycles. The summed E-state index contributed by atoms with van der Waals surface area (Å²) in [6.45, 7) is 2.09. The molecule has 0 radical (unpaired) electrons. The second-order valence-corrected chi connectivity index (χ2v) is 6.50. The summed E-state index contributed by atoms with van der Waals surface area (Å²) in [4.78, 5) is 14.5. The van der Waals surface area contributed by atoms with E-state index in [2.05, 4.69) is 10.2 Å². The Balaban J connectivity index is 2.31. The summed E-state index contributed by atoms with van der Waals surface area (Å²) in [5.41, 5.74) is 6.96. The van der Waals surface area contributed by atoms with Crippen molar-refractivity contribution in [2.75, 3.05) is 31.3 Å². The predicted molar refractivity (Wildman–Crippen MR) is 85.2 cm³/mol. The number of carbonyl (C=O) groups is 1. The van der Waals surface area contributed by atoms with Gasteiger partial charge in [-0.2, -0.15) is 0 Å². The van der Waals surface area contributed by atoms with Crippen LogP contribution in [-0.4, -0.2) is 36.9 Å². The highest BCUT2D eigenvalue weighted by Crippen LogP contribution is 2.38. The summed E-state index contributed by atoms with van der Waals surface area (Å²) < 4.78 is 5.78. The number of nitrogens with two attached hydrogens (primary N) is 1. The normalized spacial score (nSPS) is 10.4. The van der Waals surface area contributed by atoms with E-state index in [9.17, 15) is 4.79 Å². The molecule has 2 aromatic rings. The average Bonchev–Trinajstić information content (AvgIpc) is 2.90. The zero-order valence-electron chi connectivity index (χ0n) is 12.0. The molecule has 0 saturated heterocycles. The van der Waals surface area contributed by atoms with E-state index >= 15 is 0 Å². The van der Waals surface area contributed by atoms with E-state index in [1.54, 1.807) is 25.1 Å². The lowest BCUT2D eigenvalue weighted by atomic mass is 10.2. The van der Waals surface area contributed by atoms with Crippen LogP contribution in [0, 0.1) is 0 Å². The second kappa shape index (κ2) is 6.77. The van der Waals surface area contributed by atoms with E-state index < -0.39 is 0 Å². The van der Waals surface area contributed by atoms with Crippen LogP contribution < -0.4 is 10.6 Å². The zero-order valence-corrected chi connectivity index (χ0v) is 13.6. The van der Waals surface area contributed by atoms with Crippen LogP contribution in [0.4, 0.5) is 10.8 Å². The maximum Gasteiger partial charge on any atom is 0.339 e. The molecule has 0 spiro atoms. The lowest BCUT2D eigenvalue weighted by molar-refractivity contribution is 0.0522. The summed E-state index contributed by atoms with van der Waals surface area (Å²) >= 11 is 2.76. The van der Waals surface area contributed by atoms with Gasteiger partial charge in [-0.3, -0.25) is 0 Å². The van der Waals surface area contributed by atoms with Crippen LogP contribution in [0.2, 0.25) is 0 Å². The number of aromatic nitrogens is 2. The second-order valence-electron chi connectivity index (χ2n) is 4.29. The Hall–Kier alpha value is -1.80. The van der Waals surface area contributed by atoms with Gasteiger partial charge in [-0.05, 0) is 19.1 Å². The fourth-order valence-electron chi connectivity index (χ4n) is 1.55. The summed E-state index contributed by atoms with van der Waals surface area (Å²) in [5, 5.41) is 8.97. The van der Waals surface area contributed by atoms with Gasteiger partial charge in [0.2, 0.25) is 5.13 Å². The third-order valence-corrected chi connectivity index (χ3v) is 4.81. The van der Waals surface area contributed by atoms with Crippen molar-refractivity contribution in [1.82, 2.24) is 10.2 Å². The molecule has 1 aromatic heterocycles. The number of benzene rings is 1. The number of anilines is 2. The lowest BCUT2D eigenvalue weighted by Crippen LogP contribution is -2.07. The van der Waals surface area contributed by atoms with Crippen LogP contribution in [0.25, 0.3) is 0 Å². The number of ether oxygens (including phenoxy) is 1. The first-order valence-electron chi connectivity index (χ1n) is 6.27. The maximum absolute atomic E-state index is 12.0. The molecule has 0 aliphatic heterocycles. The summed E-state index contributed by atoms with van der Waals surface area (Å²) in [7, 11) is 3.80.